The second-order valence-corrected chi connectivity index (χ2v) is 3.88. The lowest BCUT2D eigenvalue weighted by Crippen LogP contribution is -2.35. The number of carbonyl (C=O) groups is 1. The van der Waals surface area contributed by atoms with Crippen LogP contribution in [0.25, 0.3) is 0 Å². The van der Waals surface area contributed by atoms with E-state index in [2.05, 4.69) is 10.3 Å². The van der Waals surface area contributed by atoms with Crippen molar-refractivity contribution in [3.05, 3.63) is 12.0 Å². The van der Waals surface area contributed by atoms with Crippen molar-refractivity contribution in [3.63, 3.8) is 0 Å². The molecule has 0 saturated heterocycles. The van der Waals surface area contributed by atoms with Crippen LogP contribution in [0.3, 0.4) is 0 Å². The predicted octanol–water partition coefficient (Wildman–Crippen LogP) is -0.0213. The Morgan fingerprint density at radius 1 is 1.71 bits per heavy atom. The summed E-state index contributed by atoms with van der Waals surface area (Å²) in [4.78, 5) is 15.9. The topological polar surface area (TPSA) is 72.9 Å². The highest BCUT2D eigenvalue weighted by Crippen LogP contribution is 2.38. The average molecular weight is 194 g/mol. The van der Waals surface area contributed by atoms with E-state index in [1.54, 1.807) is 6.33 Å². The van der Waals surface area contributed by atoms with Crippen LogP contribution in [0.1, 0.15) is 19.0 Å². The minimum Gasteiger partial charge on any atom is -0.335 e. The lowest BCUT2D eigenvalue weighted by Gasteiger charge is -2.21. The van der Waals surface area contributed by atoms with Crippen LogP contribution in [0.4, 0.5) is 5.82 Å². The SMILES string of the molecule is Cn1cnc2c1C(C)(CCN)C(=O)N2. The van der Waals surface area contributed by atoms with E-state index in [1.807, 2.05) is 18.5 Å². The van der Waals surface area contributed by atoms with Crippen LogP contribution in [0.15, 0.2) is 6.33 Å². The van der Waals surface area contributed by atoms with Crippen LogP contribution in [-0.4, -0.2) is 22.0 Å². The van der Waals surface area contributed by atoms with Gasteiger partial charge in [-0.2, -0.15) is 0 Å². The van der Waals surface area contributed by atoms with E-state index in [-0.39, 0.29) is 5.91 Å². The molecule has 1 aromatic rings. The van der Waals surface area contributed by atoms with Crippen LogP contribution < -0.4 is 11.1 Å². The molecular weight excluding hydrogens is 180 g/mol. The Labute approximate surface area is 82.3 Å². The number of hydrogen-bond acceptors (Lipinski definition) is 3. The minimum absolute atomic E-state index is 0.00310. The second-order valence-electron chi connectivity index (χ2n) is 3.88. The van der Waals surface area contributed by atoms with Crippen LogP contribution in [0.5, 0.6) is 0 Å². The number of nitrogens with zero attached hydrogens (tertiary/aromatic N) is 2. The van der Waals surface area contributed by atoms with E-state index >= 15 is 0 Å². The van der Waals surface area contributed by atoms with Gasteiger partial charge in [0.25, 0.3) is 0 Å². The number of fused-ring (bicyclic) bond motifs is 1. The van der Waals surface area contributed by atoms with E-state index in [0.29, 0.717) is 18.8 Å². The van der Waals surface area contributed by atoms with Crippen LogP contribution in [0.2, 0.25) is 0 Å². The Bertz CT molecular complexity index is 384. The highest BCUT2D eigenvalue weighted by Gasteiger charge is 2.45. The van der Waals surface area contributed by atoms with Gasteiger partial charge in [-0.05, 0) is 19.9 Å². The number of nitrogens with two attached hydrogens (primary N) is 1. The Balaban J connectivity index is 2.51. The quantitative estimate of drug-likeness (QED) is 0.694. The van der Waals surface area contributed by atoms with Crippen molar-refractivity contribution in [1.29, 1.82) is 0 Å². The fourth-order valence-electron chi connectivity index (χ4n) is 2.05. The molecule has 76 valence electrons. The summed E-state index contributed by atoms with van der Waals surface area (Å²) in [5, 5.41) is 2.77. The third-order valence-electron chi connectivity index (χ3n) is 2.84. The summed E-state index contributed by atoms with van der Waals surface area (Å²) in [6.45, 7) is 2.40. The van der Waals surface area contributed by atoms with E-state index in [4.69, 9.17) is 5.73 Å². The van der Waals surface area contributed by atoms with E-state index in [9.17, 15) is 4.79 Å². The molecule has 1 unspecified atom stereocenters. The van der Waals surface area contributed by atoms with Crippen molar-refractivity contribution < 1.29 is 4.79 Å². The van der Waals surface area contributed by atoms with Crippen LogP contribution >= 0.6 is 0 Å². The molecular formula is C9H14N4O. The van der Waals surface area contributed by atoms with E-state index < -0.39 is 5.41 Å². The molecule has 2 heterocycles. The van der Waals surface area contributed by atoms with Gasteiger partial charge in [0.1, 0.15) is 0 Å². The van der Waals surface area contributed by atoms with Crippen molar-refractivity contribution in [2.45, 2.75) is 18.8 Å². The first kappa shape index (κ1) is 9.21. The molecule has 14 heavy (non-hydrogen) atoms. The lowest BCUT2D eigenvalue weighted by atomic mass is 9.84. The van der Waals surface area contributed by atoms with E-state index in [1.165, 1.54) is 0 Å². The highest BCUT2D eigenvalue weighted by molar-refractivity contribution is 6.04. The number of rotatable bonds is 2. The maximum atomic E-state index is 11.7. The number of amides is 1. The monoisotopic (exact) mass is 194 g/mol. The molecule has 1 amide bonds. The third-order valence-corrected chi connectivity index (χ3v) is 2.84. The number of hydrogen-bond donors (Lipinski definition) is 2. The number of carbonyl (C=O) groups excluding carboxylic acids is 1. The van der Waals surface area contributed by atoms with Gasteiger partial charge < -0.3 is 15.6 Å². The van der Waals surface area contributed by atoms with Gasteiger partial charge in [-0.15, -0.1) is 0 Å². The number of nitrogens with one attached hydrogen (secondary N) is 1. The summed E-state index contributed by atoms with van der Waals surface area (Å²) in [5.74, 6) is 0.671. The van der Waals surface area contributed by atoms with Crippen LogP contribution in [-0.2, 0) is 17.3 Å². The molecule has 0 saturated carbocycles. The number of imidazole rings is 1. The Kier molecular flexibility index (Phi) is 1.85. The van der Waals surface area contributed by atoms with Gasteiger partial charge in [0.05, 0.1) is 17.4 Å². The summed E-state index contributed by atoms with van der Waals surface area (Å²) in [7, 11) is 1.89. The zero-order chi connectivity index (χ0) is 10.3. The molecule has 5 nitrogen and oxygen atoms in total. The van der Waals surface area contributed by atoms with Gasteiger partial charge in [-0.3, -0.25) is 4.79 Å². The van der Waals surface area contributed by atoms with Crippen LogP contribution in [0, 0.1) is 0 Å². The lowest BCUT2D eigenvalue weighted by molar-refractivity contribution is -0.120. The molecule has 0 bridgehead atoms. The largest absolute Gasteiger partial charge is 0.335 e. The Morgan fingerprint density at radius 2 is 2.43 bits per heavy atom. The number of aryl methyl sites for hydroxylation is 1. The van der Waals surface area contributed by atoms with Gasteiger partial charge in [-0.25, -0.2) is 4.98 Å². The molecule has 0 spiro atoms. The Morgan fingerprint density at radius 3 is 3.07 bits per heavy atom. The van der Waals surface area contributed by atoms with Crippen molar-refractivity contribution in [2.75, 3.05) is 11.9 Å². The summed E-state index contributed by atoms with van der Waals surface area (Å²) in [6, 6.07) is 0. The van der Waals surface area contributed by atoms with Gasteiger partial charge >= 0.3 is 0 Å². The van der Waals surface area contributed by atoms with Gasteiger partial charge in [0, 0.05) is 7.05 Å². The van der Waals surface area contributed by atoms with Crippen molar-refractivity contribution >= 4 is 11.7 Å². The summed E-state index contributed by atoms with van der Waals surface area (Å²) >= 11 is 0. The smallest absolute Gasteiger partial charge is 0.237 e. The third kappa shape index (κ3) is 0.988. The van der Waals surface area contributed by atoms with E-state index in [0.717, 1.165) is 5.69 Å². The van der Waals surface area contributed by atoms with Crippen molar-refractivity contribution in [3.8, 4) is 0 Å². The first-order valence-corrected chi connectivity index (χ1v) is 4.63. The maximum Gasteiger partial charge on any atom is 0.237 e. The fourth-order valence-corrected chi connectivity index (χ4v) is 2.05. The molecule has 3 N–H and O–H groups in total. The van der Waals surface area contributed by atoms with Crippen molar-refractivity contribution in [1.82, 2.24) is 9.55 Å². The number of aromatic nitrogens is 2. The molecule has 1 atom stereocenters. The summed E-state index contributed by atoms with van der Waals surface area (Å²) < 4.78 is 1.88. The molecule has 5 heteroatoms. The second kappa shape index (κ2) is 2.81. The highest BCUT2D eigenvalue weighted by atomic mass is 16.2. The molecule has 0 aromatic carbocycles. The Hall–Kier alpha value is -1.36. The maximum absolute atomic E-state index is 11.7. The van der Waals surface area contributed by atoms with Gasteiger partial charge in [0.15, 0.2) is 5.82 Å². The molecule has 1 aliphatic heterocycles. The first-order valence-electron chi connectivity index (χ1n) is 4.63. The normalized spacial score (nSPS) is 24.9. The van der Waals surface area contributed by atoms with Crippen molar-refractivity contribution in [2.24, 2.45) is 12.8 Å². The van der Waals surface area contributed by atoms with Gasteiger partial charge in [-0.1, -0.05) is 0 Å². The summed E-state index contributed by atoms with van der Waals surface area (Å²) in [5.41, 5.74) is 5.94. The fraction of sp³-hybridized carbons (Fsp3) is 0.556. The number of anilines is 1. The molecule has 2 rings (SSSR count). The molecule has 1 aliphatic rings. The molecule has 1 aromatic heterocycles. The molecule has 0 aliphatic carbocycles. The molecule has 0 radical (unpaired) electrons. The first-order chi connectivity index (χ1) is 6.59. The van der Waals surface area contributed by atoms with Gasteiger partial charge in [0.2, 0.25) is 5.91 Å². The minimum atomic E-state index is -0.519. The zero-order valence-corrected chi connectivity index (χ0v) is 8.37. The zero-order valence-electron chi connectivity index (χ0n) is 8.37. The predicted molar refractivity (Wildman–Crippen MR) is 52.9 cm³/mol. The average Bonchev–Trinajstić information content (AvgIpc) is 2.57. The summed E-state index contributed by atoms with van der Waals surface area (Å²) in [6.07, 6.45) is 2.35. The molecule has 0 fully saturated rings. The standard InChI is InChI=1S/C9H14N4O/c1-9(3-4-10)6-7(12-8(9)14)11-5-13(6)2/h5H,3-4,10H2,1-2H3,(H,12,14).